The third-order valence-corrected chi connectivity index (χ3v) is 4.42. The maximum atomic E-state index is 12.7. The SMILES string of the molecule is CCc1cc(=O)n(CC(=O)Nc2ccc(OC)c(OC)c2)c(-c2ccccc2)n1. The molecule has 1 aromatic heterocycles. The molecule has 3 rings (SSSR count). The summed E-state index contributed by atoms with van der Waals surface area (Å²) in [5.74, 6) is 1.19. The molecule has 1 N–H and O–H groups in total. The predicted octanol–water partition coefficient (Wildman–Crippen LogP) is 3.13. The molecule has 0 saturated heterocycles. The number of aromatic nitrogens is 2. The Bertz CT molecular complexity index is 1060. The summed E-state index contributed by atoms with van der Waals surface area (Å²) in [6.07, 6.45) is 0.633. The Morgan fingerprint density at radius 2 is 1.76 bits per heavy atom. The molecule has 0 fully saturated rings. The first kappa shape index (κ1) is 20.1. The van der Waals surface area contributed by atoms with Crippen LogP contribution in [0.25, 0.3) is 11.4 Å². The lowest BCUT2D eigenvalue weighted by Gasteiger charge is -2.14. The van der Waals surface area contributed by atoms with Crippen LogP contribution in [-0.4, -0.2) is 29.7 Å². The van der Waals surface area contributed by atoms with Gasteiger partial charge in [0.2, 0.25) is 5.91 Å². The monoisotopic (exact) mass is 393 g/mol. The summed E-state index contributed by atoms with van der Waals surface area (Å²) < 4.78 is 11.8. The smallest absolute Gasteiger partial charge is 0.254 e. The number of nitrogens with one attached hydrogen (secondary N) is 1. The van der Waals surface area contributed by atoms with Gasteiger partial charge in [0.15, 0.2) is 11.5 Å². The third-order valence-electron chi connectivity index (χ3n) is 4.42. The number of methoxy groups -OCH3 is 2. The minimum atomic E-state index is -0.345. The summed E-state index contributed by atoms with van der Waals surface area (Å²) in [5.41, 5.74) is 1.74. The van der Waals surface area contributed by atoms with Crippen molar-refractivity contribution in [3.63, 3.8) is 0 Å². The molecule has 29 heavy (non-hydrogen) atoms. The van der Waals surface area contributed by atoms with Crippen molar-refractivity contribution in [1.29, 1.82) is 0 Å². The number of amides is 1. The largest absolute Gasteiger partial charge is 0.493 e. The fourth-order valence-electron chi connectivity index (χ4n) is 2.95. The topological polar surface area (TPSA) is 82.5 Å². The molecule has 3 aromatic rings. The summed E-state index contributed by atoms with van der Waals surface area (Å²) in [6.45, 7) is 1.78. The van der Waals surface area contributed by atoms with Crippen molar-refractivity contribution in [3.05, 3.63) is 70.6 Å². The Kier molecular flexibility index (Phi) is 6.29. The molecule has 1 amide bonds. The highest BCUT2D eigenvalue weighted by Crippen LogP contribution is 2.29. The lowest BCUT2D eigenvalue weighted by molar-refractivity contribution is -0.116. The van der Waals surface area contributed by atoms with Gasteiger partial charge in [0.25, 0.3) is 5.56 Å². The average molecular weight is 393 g/mol. The van der Waals surface area contributed by atoms with E-state index in [1.165, 1.54) is 17.7 Å². The fourth-order valence-corrected chi connectivity index (χ4v) is 2.95. The number of anilines is 1. The Balaban J connectivity index is 1.90. The first-order valence-electron chi connectivity index (χ1n) is 9.23. The van der Waals surface area contributed by atoms with Gasteiger partial charge in [-0.25, -0.2) is 4.98 Å². The number of hydrogen-bond donors (Lipinski definition) is 1. The normalized spacial score (nSPS) is 10.4. The van der Waals surface area contributed by atoms with Crippen molar-refractivity contribution in [3.8, 4) is 22.9 Å². The lowest BCUT2D eigenvalue weighted by atomic mass is 10.2. The molecule has 0 unspecified atom stereocenters. The van der Waals surface area contributed by atoms with Gasteiger partial charge < -0.3 is 14.8 Å². The van der Waals surface area contributed by atoms with E-state index in [9.17, 15) is 9.59 Å². The van der Waals surface area contributed by atoms with E-state index in [1.54, 1.807) is 25.3 Å². The predicted molar refractivity (Wildman–Crippen MR) is 111 cm³/mol. The third kappa shape index (κ3) is 4.63. The van der Waals surface area contributed by atoms with E-state index in [0.717, 1.165) is 5.56 Å². The van der Waals surface area contributed by atoms with Crippen molar-refractivity contribution in [2.45, 2.75) is 19.9 Å². The summed E-state index contributed by atoms with van der Waals surface area (Å²) >= 11 is 0. The molecule has 0 aliphatic carbocycles. The molecule has 0 aliphatic heterocycles. The van der Waals surface area contributed by atoms with E-state index in [-0.39, 0.29) is 18.0 Å². The van der Waals surface area contributed by atoms with E-state index in [2.05, 4.69) is 10.3 Å². The van der Waals surface area contributed by atoms with Crippen molar-refractivity contribution in [2.75, 3.05) is 19.5 Å². The van der Waals surface area contributed by atoms with E-state index in [1.807, 2.05) is 37.3 Å². The van der Waals surface area contributed by atoms with Crippen molar-refractivity contribution in [2.24, 2.45) is 0 Å². The lowest BCUT2D eigenvalue weighted by Crippen LogP contribution is -2.30. The van der Waals surface area contributed by atoms with Gasteiger partial charge in [0.1, 0.15) is 12.4 Å². The van der Waals surface area contributed by atoms with Gasteiger partial charge >= 0.3 is 0 Å². The van der Waals surface area contributed by atoms with Crippen LogP contribution < -0.4 is 20.3 Å². The van der Waals surface area contributed by atoms with Gasteiger partial charge in [-0.3, -0.25) is 14.2 Å². The van der Waals surface area contributed by atoms with Gasteiger partial charge in [-0.2, -0.15) is 0 Å². The summed E-state index contributed by atoms with van der Waals surface area (Å²) in [7, 11) is 3.07. The number of carbonyl (C=O) groups is 1. The molecular weight excluding hydrogens is 370 g/mol. The zero-order valence-electron chi connectivity index (χ0n) is 16.6. The number of hydrogen-bond acceptors (Lipinski definition) is 5. The van der Waals surface area contributed by atoms with Gasteiger partial charge in [-0.15, -0.1) is 0 Å². The molecule has 0 atom stereocenters. The van der Waals surface area contributed by atoms with E-state index in [0.29, 0.717) is 35.1 Å². The molecule has 0 aliphatic rings. The maximum absolute atomic E-state index is 12.7. The zero-order chi connectivity index (χ0) is 20.8. The van der Waals surface area contributed by atoms with E-state index < -0.39 is 0 Å². The summed E-state index contributed by atoms with van der Waals surface area (Å²) in [4.78, 5) is 29.9. The quantitative estimate of drug-likeness (QED) is 0.667. The molecular formula is C22H23N3O4. The van der Waals surface area contributed by atoms with Gasteiger partial charge in [0.05, 0.1) is 14.2 Å². The molecule has 7 heteroatoms. The van der Waals surface area contributed by atoms with E-state index in [4.69, 9.17) is 9.47 Å². The summed E-state index contributed by atoms with van der Waals surface area (Å²) in [5, 5.41) is 2.79. The minimum absolute atomic E-state index is 0.158. The molecule has 0 spiro atoms. The Labute approximate surface area is 168 Å². The van der Waals surface area contributed by atoms with Crippen molar-refractivity contribution < 1.29 is 14.3 Å². The highest BCUT2D eigenvalue weighted by atomic mass is 16.5. The van der Waals surface area contributed by atoms with Crippen LogP contribution in [0, 0.1) is 0 Å². The molecule has 7 nitrogen and oxygen atoms in total. The maximum Gasteiger partial charge on any atom is 0.254 e. The minimum Gasteiger partial charge on any atom is -0.493 e. The second kappa shape index (κ2) is 9.05. The second-order valence-electron chi connectivity index (χ2n) is 6.33. The zero-order valence-corrected chi connectivity index (χ0v) is 16.6. The highest BCUT2D eigenvalue weighted by molar-refractivity contribution is 5.91. The number of ether oxygens (including phenoxy) is 2. The van der Waals surface area contributed by atoms with Crippen LogP contribution in [0.15, 0.2) is 59.4 Å². The average Bonchev–Trinajstić information content (AvgIpc) is 2.75. The standard InChI is InChI=1S/C22H23N3O4/c1-4-16-13-21(27)25(22(24-16)15-8-6-5-7-9-15)14-20(26)23-17-10-11-18(28-2)19(12-17)29-3/h5-13H,4,14H2,1-3H3,(H,23,26). The molecule has 2 aromatic carbocycles. The Morgan fingerprint density at radius 3 is 2.41 bits per heavy atom. The number of nitrogens with zero attached hydrogens (tertiary/aromatic N) is 2. The fraction of sp³-hybridized carbons (Fsp3) is 0.227. The van der Waals surface area contributed by atoms with E-state index >= 15 is 0 Å². The molecule has 0 radical (unpaired) electrons. The van der Waals surface area contributed by atoms with Crippen LogP contribution in [0.4, 0.5) is 5.69 Å². The molecule has 150 valence electrons. The Morgan fingerprint density at radius 1 is 1.03 bits per heavy atom. The molecule has 1 heterocycles. The van der Waals surface area contributed by atoms with Crippen molar-refractivity contribution >= 4 is 11.6 Å². The number of benzene rings is 2. The van der Waals surface area contributed by atoms with Crippen LogP contribution in [-0.2, 0) is 17.8 Å². The van der Waals surface area contributed by atoms with Crippen LogP contribution in [0.3, 0.4) is 0 Å². The number of aryl methyl sites for hydroxylation is 1. The van der Waals surface area contributed by atoms with Crippen LogP contribution in [0.1, 0.15) is 12.6 Å². The number of rotatable bonds is 7. The molecule has 0 saturated carbocycles. The Hall–Kier alpha value is -3.61. The first-order valence-corrected chi connectivity index (χ1v) is 9.23. The van der Waals surface area contributed by atoms with Crippen molar-refractivity contribution in [1.82, 2.24) is 9.55 Å². The molecule has 0 bridgehead atoms. The number of carbonyl (C=O) groups excluding carboxylic acids is 1. The van der Waals surface area contributed by atoms with Crippen LogP contribution >= 0.6 is 0 Å². The van der Waals surface area contributed by atoms with Gasteiger partial charge in [0, 0.05) is 29.1 Å². The second-order valence-corrected chi connectivity index (χ2v) is 6.33. The van der Waals surface area contributed by atoms with Gasteiger partial charge in [-0.1, -0.05) is 37.3 Å². The van der Waals surface area contributed by atoms with Crippen LogP contribution in [0.5, 0.6) is 11.5 Å². The summed E-state index contributed by atoms with van der Waals surface area (Å²) in [6, 6.07) is 15.9. The van der Waals surface area contributed by atoms with Gasteiger partial charge in [-0.05, 0) is 18.6 Å². The first-order chi connectivity index (χ1) is 14.0. The van der Waals surface area contributed by atoms with Crippen LogP contribution in [0.2, 0.25) is 0 Å². The highest BCUT2D eigenvalue weighted by Gasteiger charge is 2.14.